The van der Waals surface area contributed by atoms with Crippen LogP contribution in [0.25, 0.3) is 0 Å². The highest BCUT2D eigenvalue weighted by atomic mass is 79.9. The summed E-state index contributed by atoms with van der Waals surface area (Å²) in [6.07, 6.45) is 0.222. The van der Waals surface area contributed by atoms with Crippen LogP contribution in [0.2, 0.25) is 0 Å². The molecule has 1 atom stereocenters. The Kier molecular flexibility index (Phi) is 6.07. The number of anilines is 1. The second-order valence-electron chi connectivity index (χ2n) is 4.86. The predicted octanol–water partition coefficient (Wildman–Crippen LogP) is 3.35. The molecule has 0 saturated heterocycles. The van der Waals surface area contributed by atoms with Crippen molar-refractivity contribution >= 4 is 33.6 Å². The molecule has 0 aliphatic heterocycles. The van der Waals surface area contributed by atoms with Crippen LogP contribution in [0, 0.1) is 17.6 Å². The van der Waals surface area contributed by atoms with Gasteiger partial charge in [0, 0.05) is 6.07 Å². The van der Waals surface area contributed by atoms with Crippen LogP contribution < -0.4 is 10.6 Å². The van der Waals surface area contributed by atoms with Crippen LogP contribution in [0.4, 0.5) is 19.3 Å². The van der Waals surface area contributed by atoms with Crippen molar-refractivity contribution in [3.05, 3.63) is 28.2 Å². The van der Waals surface area contributed by atoms with Crippen LogP contribution in [0.3, 0.4) is 0 Å². The number of rotatable bonds is 5. The number of carbonyl (C=O) groups is 2. The van der Waals surface area contributed by atoms with Crippen LogP contribution in [-0.2, 0) is 4.79 Å². The molecule has 0 aromatic heterocycles. The van der Waals surface area contributed by atoms with Crippen LogP contribution >= 0.6 is 15.9 Å². The van der Waals surface area contributed by atoms with E-state index in [2.05, 4.69) is 26.6 Å². The van der Waals surface area contributed by atoms with Crippen molar-refractivity contribution in [3.8, 4) is 0 Å². The van der Waals surface area contributed by atoms with Gasteiger partial charge in [0.15, 0.2) is 0 Å². The summed E-state index contributed by atoms with van der Waals surface area (Å²) < 4.78 is 26.8. The summed E-state index contributed by atoms with van der Waals surface area (Å²) in [6, 6.07) is -0.345. The number of hydrogen-bond donors (Lipinski definition) is 3. The molecule has 1 aromatic carbocycles. The first-order valence-electron chi connectivity index (χ1n) is 6.15. The SMILES string of the molecule is CC(C)C[C@H](NC(=O)Nc1cc(F)c(Br)cc1F)C(=O)O. The molecule has 0 bridgehead atoms. The Labute approximate surface area is 128 Å². The average molecular weight is 365 g/mol. The number of amides is 2. The van der Waals surface area contributed by atoms with Gasteiger partial charge in [0.2, 0.25) is 0 Å². The number of carboxylic acid groups (broad SMARTS) is 1. The van der Waals surface area contributed by atoms with Crippen LogP contribution in [0.15, 0.2) is 16.6 Å². The zero-order valence-electron chi connectivity index (χ0n) is 11.4. The van der Waals surface area contributed by atoms with E-state index in [9.17, 15) is 18.4 Å². The Morgan fingerprint density at radius 1 is 1.29 bits per heavy atom. The first kappa shape index (κ1) is 17.4. The van der Waals surface area contributed by atoms with Crippen LogP contribution in [0.1, 0.15) is 20.3 Å². The standard InChI is InChI=1S/C13H15BrF2N2O3/c1-6(2)3-11(12(19)20)18-13(21)17-10-5-8(15)7(14)4-9(10)16/h4-6,11H,3H2,1-2H3,(H,19,20)(H2,17,18,21)/t11-/m0/s1. The maximum Gasteiger partial charge on any atom is 0.326 e. The molecular weight excluding hydrogens is 350 g/mol. The molecule has 8 heteroatoms. The minimum atomic E-state index is -1.19. The Balaban J connectivity index is 2.77. The largest absolute Gasteiger partial charge is 0.480 e. The van der Waals surface area contributed by atoms with E-state index in [-0.39, 0.29) is 22.5 Å². The molecule has 1 aromatic rings. The number of urea groups is 1. The van der Waals surface area contributed by atoms with Crippen molar-refractivity contribution in [3.63, 3.8) is 0 Å². The van der Waals surface area contributed by atoms with E-state index in [0.29, 0.717) is 0 Å². The third kappa shape index (κ3) is 5.30. The minimum absolute atomic E-state index is 0.0493. The molecule has 0 aliphatic carbocycles. The molecule has 0 radical (unpaired) electrons. The van der Waals surface area contributed by atoms with Crippen molar-refractivity contribution in [1.82, 2.24) is 5.32 Å². The second kappa shape index (κ2) is 7.35. The normalized spacial score (nSPS) is 12.1. The lowest BCUT2D eigenvalue weighted by atomic mass is 10.0. The molecule has 0 unspecified atom stereocenters. The van der Waals surface area contributed by atoms with Crippen molar-refractivity contribution in [2.24, 2.45) is 5.92 Å². The molecular formula is C13H15BrF2N2O3. The Hall–Kier alpha value is -1.70. The first-order valence-corrected chi connectivity index (χ1v) is 6.95. The average Bonchev–Trinajstić information content (AvgIpc) is 2.34. The molecule has 0 saturated carbocycles. The molecule has 0 aliphatic rings. The zero-order valence-corrected chi connectivity index (χ0v) is 13.0. The van der Waals surface area contributed by atoms with Gasteiger partial charge >= 0.3 is 12.0 Å². The molecule has 2 amide bonds. The fourth-order valence-electron chi connectivity index (χ4n) is 1.63. The molecule has 5 nitrogen and oxygen atoms in total. The van der Waals surface area contributed by atoms with Gasteiger partial charge in [-0.1, -0.05) is 13.8 Å². The van der Waals surface area contributed by atoms with Crippen LogP contribution in [-0.4, -0.2) is 23.1 Å². The maximum absolute atomic E-state index is 13.5. The topological polar surface area (TPSA) is 78.4 Å². The van der Waals surface area contributed by atoms with Crippen molar-refractivity contribution in [2.45, 2.75) is 26.3 Å². The van der Waals surface area contributed by atoms with Crippen molar-refractivity contribution in [1.29, 1.82) is 0 Å². The van der Waals surface area contributed by atoms with E-state index in [1.807, 2.05) is 0 Å². The minimum Gasteiger partial charge on any atom is -0.480 e. The third-order valence-corrected chi connectivity index (χ3v) is 3.18. The van der Waals surface area contributed by atoms with Gasteiger partial charge < -0.3 is 15.7 Å². The molecule has 1 rings (SSSR count). The Morgan fingerprint density at radius 2 is 1.90 bits per heavy atom. The molecule has 0 heterocycles. The van der Waals surface area contributed by atoms with E-state index in [1.54, 1.807) is 13.8 Å². The summed E-state index contributed by atoms with van der Waals surface area (Å²) in [5.41, 5.74) is -0.373. The lowest BCUT2D eigenvalue weighted by Gasteiger charge is -2.17. The van der Waals surface area contributed by atoms with Gasteiger partial charge in [-0.05, 0) is 34.3 Å². The highest BCUT2D eigenvalue weighted by Gasteiger charge is 2.21. The predicted molar refractivity (Wildman–Crippen MR) is 77.1 cm³/mol. The number of carbonyl (C=O) groups excluding carboxylic acids is 1. The van der Waals surface area contributed by atoms with E-state index >= 15 is 0 Å². The van der Waals surface area contributed by atoms with Crippen LogP contribution in [0.5, 0.6) is 0 Å². The van der Waals surface area contributed by atoms with Gasteiger partial charge in [-0.15, -0.1) is 0 Å². The number of carboxylic acids is 1. The van der Waals surface area contributed by atoms with Gasteiger partial charge in [0.25, 0.3) is 0 Å². The molecule has 0 spiro atoms. The monoisotopic (exact) mass is 364 g/mol. The molecule has 21 heavy (non-hydrogen) atoms. The van der Waals surface area contributed by atoms with E-state index in [4.69, 9.17) is 5.11 Å². The first-order chi connectivity index (χ1) is 9.70. The highest BCUT2D eigenvalue weighted by Crippen LogP contribution is 2.23. The Bertz CT molecular complexity index is 552. The molecule has 116 valence electrons. The number of halogens is 3. The highest BCUT2D eigenvalue weighted by molar-refractivity contribution is 9.10. The fraction of sp³-hybridized carbons (Fsp3) is 0.385. The summed E-state index contributed by atoms with van der Waals surface area (Å²) in [6.45, 7) is 3.61. The van der Waals surface area contributed by atoms with E-state index < -0.39 is 29.7 Å². The van der Waals surface area contributed by atoms with Gasteiger partial charge in [-0.3, -0.25) is 0 Å². The van der Waals surface area contributed by atoms with Crippen molar-refractivity contribution < 1.29 is 23.5 Å². The lowest BCUT2D eigenvalue weighted by molar-refractivity contribution is -0.139. The second-order valence-corrected chi connectivity index (χ2v) is 5.72. The quantitative estimate of drug-likeness (QED) is 0.701. The van der Waals surface area contributed by atoms with Gasteiger partial charge in [0.1, 0.15) is 17.7 Å². The van der Waals surface area contributed by atoms with Gasteiger partial charge in [-0.25, -0.2) is 18.4 Å². The lowest BCUT2D eigenvalue weighted by Crippen LogP contribution is -2.43. The summed E-state index contributed by atoms with van der Waals surface area (Å²) in [4.78, 5) is 22.7. The Morgan fingerprint density at radius 3 is 2.43 bits per heavy atom. The van der Waals surface area contributed by atoms with E-state index in [1.165, 1.54) is 0 Å². The molecule has 0 fully saturated rings. The smallest absolute Gasteiger partial charge is 0.326 e. The maximum atomic E-state index is 13.5. The summed E-state index contributed by atoms with van der Waals surface area (Å²) in [7, 11) is 0. The third-order valence-electron chi connectivity index (χ3n) is 2.57. The number of nitrogens with one attached hydrogen (secondary N) is 2. The fourth-order valence-corrected chi connectivity index (χ4v) is 1.94. The summed E-state index contributed by atoms with van der Waals surface area (Å²) in [5, 5.41) is 13.3. The number of aliphatic carboxylic acids is 1. The van der Waals surface area contributed by atoms with Gasteiger partial charge in [0.05, 0.1) is 10.2 Å². The van der Waals surface area contributed by atoms with Gasteiger partial charge in [-0.2, -0.15) is 0 Å². The molecule has 3 N–H and O–H groups in total. The summed E-state index contributed by atoms with van der Waals surface area (Å²) in [5.74, 6) is -2.73. The van der Waals surface area contributed by atoms with E-state index in [0.717, 1.165) is 12.1 Å². The number of hydrogen-bond acceptors (Lipinski definition) is 2. The summed E-state index contributed by atoms with van der Waals surface area (Å²) >= 11 is 2.81. The van der Waals surface area contributed by atoms with Crippen molar-refractivity contribution in [2.75, 3.05) is 5.32 Å². The number of benzene rings is 1. The zero-order chi connectivity index (χ0) is 16.2.